The first kappa shape index (κ1) is 14.0. The van der Waals surface area contributed by atoms with E-state index < -0.39 is 0 Å². The molecule has 0 aliphatic carbocycles. The second kappa shape index (κ2) is 6.50. The van der Waals surface area contributed by atoms with Crippen LogP contribution in [0, 0.1) is 0 Å². The lowest BCUT2D eigenvalue weighted by Gasteiger charge is -2.12. The molecule has 0 saturated heterocycles. The molecule has 5 heteroatoms. The Labute approximate surface area is 95.1 Å². The van der Waals surface area contributed by atoms with Gasteiger partial charge < -0.3 is 20.7 Å². The van der Waals surface area contributed by atoms with E-state index >= 15 is 0 Å². The zero-order chi connectivity index (χ0) is 10.6. The van der Waals surface area contributed by atoms with Crippen LogP contribution in [0.25, 0.3) is 0 Å². The molecule has 4 N–H and O–H groups in total. The second-order valence-corrected chi connectivity index (χ2v) is 3.04. The Morgan fingerprint density at radius 2 is 2.13 bits per heavy atom. The number of rotatable bonds is 4. The molecule has 0 unspecified atom stereocenters. The third-order valence-electron chi connectivity index (χ3n) is 2.08. The third-order valence-corrected chi connectivity index (χ3v) is 2.08. The summed E-state index contributed by atoms with van der Waals surface area (Å²) in [6, 6.07) is 4.60. The van der Waals surface area contributed by atoms with Gasteiger partial charge in [0.15, 0.2) is 0 Å². The summed E-state index contributed by atoms with van der Waals surface area (Å²) in [5.41, 5.74) is 6.36. The van der Waals surface area contributed by atoms with Crippen LogP contribution in [0.3, 0.4) is 0 Å². The van der Waals surface area contributed by atoms with E-state index in [-0.39, 0.29) is 30.8 Å². The van der Waals surface area contributed by atoms with Gasteiger partial charge in [0.05, 0.1) is 7.11 Å². The predicted octanol–water partition coefficient (Wildman–Crippen LogP) is 1.20. The van der Waals surface area contributed by atoms with Crippen molar-refractivity contribution >= 4 is 12.4 Å². The van der Waals surface area contributed by atoms with Gasteiger partial charge in [0.2, 0.25) is 0 Å². The van der Waals surface area contributed by atoms with E-state index in [0.29, 0.717) is 17.7 Å². The molecule has 0 saturated carbocycles. The maximum atomic E-state index is 9.58. The minimum atomic E-state index is -0.342. The van der Waals surface area contributed by atoms with Crippen LogP contribution in [0.5, 0.6) is 11.5 Å². The Balaban J connectivity index is 0.00000196. The quantitative estimate of drug-likeness (QED) is 0.731. The van der Waals surface area contributed by atoms with E-state index in [1.54, 1.807) is 12.1 Å². The Morgan fingerprint density at radius 1 is 1.47 bits per heavy atom. The number of phenols is 1. The summed E-state index contributed by atoms with van der Waals surface area (Å²) in [5, 5.41) is 18.3. The fourth-order valence-corrected chi connectivity index (χ4v) is 1.26. The summed E-state index contributed by atoms with van der Waals surface area (Å²) < 4.78 is 4.94. The van der Waals surface area contributed by atoms with Crippen LogP contribution in [0.4, 0.5) is 0 Å². The topological polar surface area (TPSA) is 75.7 Å². The summed E-state index contributed by atoms with van der Waals surface area (Å²) in [6.07, 6.45) is 0.430. The van der Waals surface area contributed by atoms with Crippen LogP contribution in [-0.2, 0) is 0 Å². The van der Waals surface area contributed by atoms with Crippen LogP contribution in [0.15, 0.2) is 18.2 Å². The van der Waals surface area contributed by atoms with E-state index in [9.17, 15) is 5.11 Å². The zero-order valence-corrected chi connectivity index (χ0v) is 9.33. The molecule has 86 valence electrons. The van der Waals surface area contributed by atoms with Crippen molar-refractivity contribution in [1.29, 1.82) is 0 Å². The molecule has 0 amide bonds. The highest BCUT2D eigenvalue weighted by atomic mass is 35.5. The van der Waals surface area contributed by atoms with Gasteiger partial charge in [0.25, 0.3) is 0 Å². The van der Waals surface area contributed by atoms with Crippen molar-refractivity contribution in [2.75, 3.05) is 13.7 Å². The molecule has 4 nitrogen and oxygen atoms in total. The fourth-order valence-electron chi connectivity index (χ4n) is 1.26. The normalized spacial score (nSPS) is 11.7. The van der Waals surface area contributed by atoms with Gasteiger partial charge in [-0.2, -0.15) is 0 Å². The Kier molecular flexibility index (Phi) is 6.08. The Hall–Kier alpha value is -0.970. The molecule has 15 heavy (non-hydrogen) atoms. The maximum absolute atomic E-state index is 9.58. The fraction of sp³-hybridized carbons (Fsp3) is 0.400. The van der Waals surface area contributed by atoms with Crippen LogP contribution in [-0.4, -0.2) is 23.9 Å². The lowest BCUT2D eigenvalue weighted by atomic mass is 10.0. The molecule has 1 aromatic rings. The molecule has 0 bridgehead atoms. The number of aliphatic hydroxyl groups is 1. The molecule has 1 aromatic carbocycles. The number of aromatic hydroxyl groups is 1. The van der Waals surface area contributed by atoms with Crippen LogP contribution in [0.2, 0.25) is 0 Å². The standard InChI is InChI=1S/C10H15NO3.ClH/c1-14-7-2-3-8(10(13)6-7)9(11)4-5-12;/h2-3,6,9,12-13H,4-5,11H2,1H3;1H/t9-;/m1./s1. The molecular weight excluding hydrogens is 218 g/mol. The first-order valence-corrected chi connectivity index (χ1v) is 4.42. The largest absolute Gasteiger partial charge is 0.507 e. The van der Waals surface area contributed by atoms with Crippen molar-refractivity contribution in [1.82, 2.24) is 0 Å². The molecule has 0 aliphatic heterocycles. The number of hydrogen-bond donors (Lipinski definition) is 3. The van der Waals surface area contributed by atoms with E-state index in [1.165, 1.54) is 13.2 Å². The van der Waals surface area contributed by atoms with Crippen molar-refractivity contribution in [2.45, 2.75) is 12.5 Å². The van der Waals surface area contributed by atoms with Gasteiger partial charge >= 0.3 is 0 Å². The first-order valence-electron chi connectivity index (χ1n) is 4.42. The van der Waals surface area contributed by atoms with Crippen LogP contribution >= 0.6 is 12.4 Å². The number of phenolic OH excluding ortho intramolecular Hbond substituents is 1. The van der Waals surface area contributed by atoms with Crippen LogP contribution in [0.1, 0.15) is 18.0 Å². The maximum Gasteiger partial charge on any atom is 0.124 e. The molecule has 0 radical (unpaired) electrons. The number of ether oxygens (including phenoxy) is 1. The Bertz CT molecular complexity index is 307. The third kappa shape index (κ3) is 3.58. The van der Waals surface area contributed by atoms with E-state index in [4.69, 9.17) is 15.6 Å². The Morgan fingerprint density at radius 3 is 2.60 bits per heavy atom. The summed E-state index contributed by atoms with van der Waals surface area (Å²) in [5.74, 6) is 0.688. The summed E-state index contributed by atoms with van der Waals surface area (Å²) in [6.45, 7) is 0.00658. The molecule has 0 aromatic heterocycles. The van der Waals surface area contributed by atoms with Crippen molar-refractivity contribution < 1.29 is 14.9 Å². The molecular formula is C10H16ClNO3. The van der Waals surface area contributed by atoms with E-state index in [0.717, 1.165) is 0 Å². The molecule has 1 rings (SSSR count). The SMILES string of the molecule is COc1ccc([C@H](N)CCO)c(O)c1.Cl. The zero-order valence-electron chi connectivity index (χ0n) is 8.51. The molecule has 1 atom stereocenters. The minimum absolute atomic E-state index is 0. The predicted molar refractivity (Wildman–Crippen MR) is 60.5 cm³/mol. The lowest BCUT2D eigenvalue weighted by molar-refractivity contribution is 0.275. The first-order chi connectivity index (χ1) is 6.69. The van der Waals surface area contributed by atoms with Gasteiger partial charge in [-0.3, -0.25) is 0 Å². The average Bonchev–Trinajstić information content (AvgIpc) is 2.17. The monoisotopic (exact) mass is 233 g/mol. The summed E-state index contributed by atoms with van der Waals surface area (Å²) in [7, 11) is 1.53. The highest BCUT2D eigenvalue weighted by Gasteiger charge is 2.10. The molecule has 0 spiro atoms. The average molecular weight is 234 g/mol. The van der Waals surface area contributed by atoms with E-state index in [1.807, 2.05) is 0 Å². The van der Waals surface area contributed by atoms with Gasteiger partial charge in [-0.15, -0.1) is 12.4 Å². The smallest absolute Gasteiger partial charge is 0.124 e. The van der Waals surface area contributed by atoms with Gasteiger partial charge in [-0.1, -0.05) is 6.07 Å². The molecule has 0 fully saturated rings. The second-order valence-electron chi connectivity index (χ2n) is 3.04. The minimum Gasteiger partial charge on any atom is -0.507 e. The number of methoxy groups -OCH3 is 1. The summed E-state index contributed by atoms with van der Waals surface area (Å²) >= 11 is 0. The van der Waals surface area contributed by atoms with Gasteiger partial charge in [-0.05, 0) is 12.5 Å². The number of halogens is 1. The molecule has 0 aliphatic rings. The van der Waals surface area contributed by atoms with Crippen molar-refractivity contribution in [3.05, 3.63) is 23.8 Å². The lowest BCUT2D eigenvalue weighted by Crippen LogP contribution is -2.12. The highest BCUT2D eigenvalue weighted by Crippen LogP contribution is 2.28. The number of nitrogens with two attached hydrogens (primary N) is 1. The summed E-state index contributed by atoms with van der Waals surface area (Å²) in [4.78, 5) is 0. The highest BCUT2D eigenvalue weighted by molar-refractivity contribution is 5.85. The van der Waals surface area contributed by atoms with E-state index in [2.05, 4.69) is 0 Å². The van der Waals surface area contributed by atoms with Crippen LogP contribution < -0.4 is 10.5 Å². The van der Waals surface area contributed by atoms with Gasteiger partial charge in [0.1, 0.15) is 11.5 Å². The number of benzene rings is 1. The number of aliphatic hydroxyl groups excluding tert-OH is 1. The van der Waals surface area contributed by atoms with Crippen molar-refractivity contribution in [3.8, 4) is 11.5 Å². The van der Waals surface area contributed by atoms with Crippen molar-refractivity contribution in [2.24, 2.45) is 5.73 Å². The van der Waals surface area contributed by atoms with Gasteiger partial charge in [0, 0.05) is 24.3 Å². The molecule has 0 heterocycles. The van der Waals surface area contributed by atoms with Crippen molar-refractivity contribution in [3.63, 3.8) is 0 Å². The van der Waals surface area contributed by atoms with Gasteiger partial charge in [-0.25, -0.2) is 0 Å². The number of hydrogen-bond acceptors (Lipinski definition) is 4.